The largest absolute Gasteiger partial charge is 0.490 e. The second-order valence-electron chi connectivity index (χ2n) is 4.35. The van der Waals surface area contributed by atoms with Gasteiger partial charge < -0.3 is 15.2 Å². The van der Waals surface area contributed by atoms with E-state index in [9.17, 15) is 0 Å². The molecule has 0 saturated heterocycles. The van der Waals surface area contributed by atoms with Gasteiger partial charge in [-0.25, -0.2) is 0 Å². The van der Waals surface area contributed by atoms with Crippen LogP contribution in [-0.2, 0) is 11.3 Å². The molecule has 0 aromatic heterocycles. The summed E-state index contributed by atoms with van der Waals surface area (Å²) in [5.74, 6) is 0.673. The van der Waals surface area contributed by atoms with Crippen molar-refractivity contribution in [2.75, 3.05) is 13.2 Å². The van der Waals surface area contributed by atoms with Gasteiger partial charge in [0.2, 0.25) is 0 Å². The minimum Gasteiger partial charge on any atom is -0.490 e. The maximum absolute atomic E-state index is 6.05. The molecule has 0 atom stereocenters. The molecule has 5 heteroatoms. The van der Waals surface area contributed by atoms with Crippen LogP contribution in [0.4, 0.5) is 0 Å². The van der Waals surface area contributed by atoms with E-state index in [1.165, 1.54) is 0 Å². The Bertz CT molecular complexity index is 619. The monoisotopic (exact) mass is 321 g/mol. The molecule has 2 rings (SSSR count). The number of benzene rings is 2. The van der Waals surface area contributed by atoms with Crippen LogP contribution in [0.25, 0.3) is 0 Å². The SMILES string of the molecule is NC(=S)c1ccccc1OCCOCc1ccccc1Cl. The lowest BCUT2D eigenvalue weighted by atomic mass is 10.2. The molecule has 0 bridgehead atoms. The van der Waals surface area contributed by atoms with E-state index in [-0.39, 0.29) is 0 Å². The van der Waals surface area contributed by atoms with Crippen LogP contribution in [-0.4, -0.2) is 18.2 Å². The van der Waals surface area contributed by atoms with Crippen LogP contribution in [0.5, 0.6) is 5.75 Å². The van der Waals surface area contributed by atoms with Crippen molar-refractivity contribution in [3.63, 3.8) is 0 Å². The number of ether oxygens (including phenoxy) is 2. The Hall–Kier alpha value is -1.62. The zero-order chi connectivity index (χ0) is 15.1. The predicted molar refractivity (Wildman–Crippen MR) is 88.9 cm³/mol. The van der Waals surface area contributed by atoms with Gasteiger partial charge in [-0.2, -0.15) is 0 Å². The maximum Gasteiger partial charge on any atom is 0.129 e. The highest BCUT2D eigenvalue weighted by molar-refractivity contribution is 7.80. The summed E-state index contributed by atoms with van der Waals surface area (Å²) in [5.41, 5.74) is 7.34. The minimum atomic E-state index is 0.322. The Morgan fingerprint density at radius 3 is 2.52 bits per heavy atom. The summed E-state index contributed by atoms with van der Waals surface area (Å²) >= 11 is 11.0. The molecule has 0 radical (unpaired) electrons. The summed E-state index contributed by atoms with van der Waals surface area (Å²) in [6.07, 6.45) is 0. The predicted octanol–water partition coefficient (Wildman–Crippen LogP) is 3.57. The molecule has 2 aromatic carbocycles. The van der Waals surface area contributed by atoms with E-state index >= 15 is 0 Å². The average molecular weight is 322 g/mol. The summed E-state index contributed by atoms with van der Waals surface area (Å²) in [6.45, 7) is 1.33. The number of hydrogen-bond acceptors (Lipinski definition) is 3. The van der Waals surface area contributed by atoms with Gasteiger partial charge in [-0.3, -0.25) is 0 Å². The van der Waals surface area contributed by atoms with Crippen molar-refractivity contribution in [1.82, 2.24) is 0 Å². The summed E-state index contributed by atoms with van der Waals surface area (Å²) in [7, 11) is 0. The quantitative estimate of drug-likeness (QED) is 0.625. The Kier molecular flexibility index (Phi) is 5.99. The molecule has 0 aliphatic rings. The van der Waals surface area contributed by atoms with Crippen LogP contribution in [0.2, 0.25) is 5.02 Å². The second kappa shape index (κ2) is 7.98. The molecule has 3 nitrogen and oxygen atoms in total. The molecule has 0 aliphatic carbocycles. The highest BCUT2D eigenvalue weighted by Crippen LogP contribution is 2.18. The third-order valence-electron chi connectivity index (χ3n) is 2.85. The maximum atomic E-state index is 6.05. The van der Waals surface area contributed by atoms with E-state index in [0.717, 1.165) is 11.1 Å². The fourth-order valence-corrected chi connectivity index (χ4v) is 2.16. The van der Waals surface area contributed by atoms with E-state index in [2.05, 4.69) is 0 Å². The summed E-state index contributed by atoms with van der Waals surface area (Å²) in [6, 6.07) is 15.0. The number of hydrogen-bond donors (Lipinski definition) is 1. The molecular weight excluding hydrogens is 306 g/mol. The van der Waals surface area contributed by atoms with Crippen molar-refractivity contribution in [3.05, 3.63) is 64.7 Å². The van der Waals surface area contributed by atoms with E-state index in [0.29, 0.717) is 35.6 Å². The molecule has 110 valence electrons. The van der Waals surface area contributed by atoms with Crippen molar-refractivity contribution in [1.29, 1.82) is 0 Å². The Morgan fingerprint density at radius 2 is 1.76 bits per heavy atom. The summed E-state index contributed by atoms with van der Waals surface area (Å²) < 4.78 is 11.2. The third kappa shape index (κ3) is 4.70. The lowest BCUT2D eigenvalue weighted by Crippen LogP contribution is -2.13. The van der Waals surface area contributed by atoms with Gasteiger partial charge in [0.1, 0.15) is 17.3 Å². The van der Waals surface area contributed by atoms with Gasteiger partial charge in [-0.05, 0) is 23.8 Å². The zero-order valence-electron chi connectivity index (χ0n) is 11.4. The van der Waals surface area contributed by atoms with Crippen LogP contribution in [0.1, 0.15) is 11.1 Å². The molecule has 0 aliphatic heterocycles. The van der Waals surface area contributed by atoms with Crippen LogP contribution < -0.4 is 10.5 Å². The van der Waals surface area contributed by atoms with Crippen LogP contribution >= 0.6 is 23.8 Å². The van der Waals surface area contributed by atoms with Crippen molar-refractivity contribution < 1.29 is 9.47 Å². The molecule has 0 unspecified atom stereocenters. The van der Waals surface area contributed by atoms with Gasteiger partial charge in [0.05, 0.1) is 18.8 Å². The number of para-hydroxylation sites is 1. The van der Waals surface area contributed by atoms with Crippen molar-refractivity contribution in [2.45, 2.75) is 6.61 Å². The van der Waals surface area contributed by atoms with E-state index < -0.39 is 0 Å². The summed E-state index contributed by atoms with van der Waals surface area (Å²) in [4.78, 5) is 0.322. The first-order valence-electron chi connectivity index (χ1n) is 6.51. The zero-order valence-corrected chi connectivity index (χ0v) is 13.0. The third-order valence-corrected chi connectivity index (χ3v) is 3.44. The Labute approximate surface area is 134 Å². The van der Waals surface area contributed by atoms with Crippen LogP contribution in [0.15, 0.2) is 48.5 Å². The van der Waals surface area contributed by atoms with E-state index in [1.807, 2.05) is 48.5 Å². The lowest BCUT2D eigenvalue weighted by Gasteiger charge is -2.11. The van der Waals surface area contributed by atoms with Crippen molar-refractivity contribution >= 4 is 28.8 Å². The molecule has 21 heavy (non-hydrogen) atoms. The molecule has 0 amide bonds. The molecule has 2 aromatic rings. The molecular formula is C16H16ClNO2S. The topological polar surface area (TPSA) is 44.5 Å². The van der Waals surface area contributed by atoms with Gasteiger partial charge >= 0.3 is 0 Å². The smallest absolute Gasteiger partial charge is 0.129 e. The first-order chi connectivity index (χ1) is 10.2. The molecule has 0 saturated carbocycles. The molecule has 0 spiro atoms. The normalized spacial score (nSPS) is 10.3. The van der Waals surface area contributed by atoms with Gasteiger partial charge in [0.15, 0.2) is 0 Å². The van der Waals surface area contributed by atoms with Gasteiger partial charge in [-0.15, -0.1) is 0 Å². The first-order valence-corrected chi connectivity index (χ1v) is 7.30. The summed E-state index contributed by atoms with van der Waals surface area (Å²) in [5, 5.41) is 0.706. The Morgan fingerprint density at radius 1 is 1.05 bits per heavy atom. The van der Waals surface area contributed by atoms with E-state index in [4.69, 9.17) is 39.0 Å². The fraction of sp³-hybridized carbons (Fsp3) is 0.188. The van der Waals surface area contributed by atoms with Gasteiger partial charge in [0, 0.05) is 5.02 Å². The standard InChI is InChI=1S/C16H16ClNO2S/c17-14-7-3-1-5-12(14)11-19-9-10-20-15-8-4-2-6-13(15)16(18)21/h1-8H,9-11H2,(H2,18,21). The van der Waals surface area contributed by atoms with E-state index in [1.54, 1.807) is 0 Å². The van der Waals surface area contributed by atoms with Crippen LogP contribution in [0, 0.1) is 0 Å². The first kappa shape index (κ1) is 15.8. The molecule has 0 heterocycles. The van der Waals surface area contributed by atoms with Crippen molar-refractivity contribution in [2.24, 2.45) is 5.73 Å². The molecule has 0 fully saturated rings. The van der Waals surface area contributed by atoms with Gasteiger partial charge in [-0.1, -0.05) is 54.2 Å². The number of halogens is 1. The average Bonchev–Trinajstić information content (AvgIpc) is 2.49. The highest BCUT2D eigenvalue weighted by Gasteiger charge is 2.05. The molecule has 2 N–H and O–H groups in total. The second-order valence-corrected chi connectivity index (χ2v) is 5.20. The highest BCUT2D eigenvalue weighted by atomic mass is 35.5. The lowest BCUT2D eigenvalue weighted by molar-refractivity contribution is 0.0889. The number of rotatable bonds is 7. The number of thiocarbonyl (C=S) groups is 1. The Balaban J connectivity index is 1.78. The fourth-order valence-electron chi connectivity index (χ4n) is 1.80. The minimum absolute atomic E-state index is 0.322. The van der Waals surface area contributed by atoms with Crippen molar-refractivity contribution in [3.8, 4) is 5.75 Å². The number of nitrogens with two attached hydrogens (primary N) is 1. The van der Waals surface area contributed by atoms with Crippen LogP contribution in [0.3, 0.4) is 0 Å². The van der Waals surface area contributed by atoms with Gasteiger partial charge in [0.25, 0.3) is 0 Å².